The fraction of sp³-hybridized carbons (Fsp3) is 0.844. The van der Waals surface area contributed by atoms with Crippen LogP contribution in [0.5, 0.6) is 0 Å². The number of amides is 1. The first-order chi connectivity index (χ1) is 21.0. The van der Waals surface area contributed by atoms with Crippen LogP contribution in [0, 0.1) is 17.8 Å². The van der Waals surface area contributed by atoms with Crippen LogP contribution in [0.15, 0.2) is 11.8 Å². The lowest BCUT2D eigenvalue weighted by Crippen LogP contribution is -2.74. The quantitative estimate of drug-likeness (QED) is 0.220. The van der Waals surface area contributed by atoms with E-state index in [1.54, 1.807) is 13.1 Å². The monoisotopic (exact) mass is 604 g/mol. The summed E-state index contributed by atoms with van der Waals surface area (Å²) in [6, 6.07) is -0.717. The number of nitrogens with zero attached hydrogens (tertiary/aromatic N) is 2. The molecule has 6 aliphatic rings. The first kappa shape index (κ1) is 30.9. The van der Waals surface area contributed by atoms with E-state index in [1.165, 1.54) is 19.3 Å². The molecule has 3 heterocycles. The second-order valence-corrected chi connectivity index (χ2v) is 13.2. The maximum absolute atomic E-state index is 16.0. The van der Waals surface area contributed by atoms with E-state index in [0.29, 0.717) is 18.4 Å². The molecular weight excluding hydrogens is 555 g/mol. The molecule has 2 N–H and O–H groups in total. The summed E-state index contributed by atoms with van der Waals surface area (Å²) in [6.07, 6.45) is 7.79. The number of alkyl halides is 1. The van der Waals surface area contributed by atoms with E-state index in [4.69, 9.17) is 14.2 Å². The van der Waals surface area contributed by atoms with Gasteiger partial charge in [0.25, 0.3) is 5.91 Å². The Morgan fingerprint density at radius 3 is 2.72 bits per heavy atom. The van der Waals surface area contributed by atoms with Gasteiger partial charge in [-0.1, -0.05) is 19.3 Å². The number of esters is 1. The van der Waals surface area contributed by atoms with Gasteiger partial charge in [0.2, 0.25) is 0 Å². The van der Waals surface area contributed by atoms with Crippen molar-refractivity contribution in [2.24, 2.45) is 17.8 Å². The van der Waals surface area contributed by atoms with E-state index in [0.717, 1.165) is 58.5 Å². The predicted molar refractivity (Wildman–Crippen MR) is 157 cm³/mol. The molecule has 0 aromatic carbocycles. The van der Waals surface area contributed by atoms with E-state index in [1.807, 2.05) is 0 Å². The molecule has 240 valence electrons. The van der Waals surface area contributed by atoms with Gasteiger partial charge in [0.1, 0.15) is 6.17 Å². The SMILES string of the molecule is CCOC(=O)CCNC(=O)C1=CN2C3C(CCC4CCCCC43)OC3C(NCCCN4CCOCC4)C(F)CC(C1=O)C32. The summed E-state index contributed by atoms with van der Waals surface area (Å²) in [7, 11) is 0. The summed E-state index contributed by atoms with van der Waals surface area (Å²) in [6.45, 7) is 7.08. The van der Waals surface area contributed by atoms with Gasteiger partial charge < -0.3 is 29.7 Å². The summed E-state index contributed by atoms with van der Waals surface area (Å²) in [5, 5.41) is 6.26. The molecule has 0 radical (unpaired) electrons. The fourth-order valence-electron chi connectivity index (χ4n) is 8.81. The van der Waals surface area contributed by atoms with Crippen LogP contribution < -0.4 is 10.6 Å². The van der Waals surface area contributed by atoms with Crippen LogP contribution in [-0.4, -0.2) is 117 Å². The van der Waals surface area contributed by atoms with Gasteiger partial charge >= 0.3 is 5.97 Å². The Bertz CT molecular complexity index is 1050. The molecule has 6 rings (SSSR count). The number of ketones is 1. The molecule has 2 saturated heterocycles. The molecule has 9 atom stereocenters. The van der Waals surface area contributed by atoms with Crippen molar-refractivity contribution in [2.75, 3.05) is 52.5 Å². The average molecular weight is 605 g/mol. The van der Waals surface area contributed by atoms with Crippen LogP contribution in [0.25, 0.3) is 0 Å². The van der Waals surface area contributed by atoms with Gasteiger partial charge in [-0.05, 0) is 64.0 Å². The number of ether oxygens (including phenoxy) is 3. The van der Waals surface area contributed by atoms with Gasteiger partial charge in [0.15, 0.2) is 5.78 Å². The highest BCUT2D eigenvalue weighted by atomic mass is 19.1. The Hall–Kier alpha value is -2.08. The zero-order valence-electron chi connectivity index (χ0n) is 25.5. The first-order valence-electron chi connectivity index (χ1n) is 16.8. The third kappa shape index (κ3) is 6.51. The number of carbonyl (C=O) groups is 3. The fourth-order valence-corrected chi connectivity index (χ4v) is 8.81. The van der Waals surface area contributed by atoms with Crippen molar-refractivity contribution < 1.29 is 33.0 Å². The number of nitrogens with one attached hydrogen (secondary N) is 2. The number of Topliss-reactive ketones (excluding diaryl/α,β-unsaturated/α-hetero) is 1. The molecule has 11 heteroatoms. The van der Waals surface area contributed by atoms with Gasteiger partial charge in [-0.3, -0.25) is 19.3 Å². The summed E-state index contributed by atoms with van der Waals surface area (Å²) in [5.74, 6) is -0.796. The minimum absolute atomic E-state index is 0.0344. The normalized spacial score (nSPS) is 37.4. The molecule has 9 unspecified atom stereocenters. The molecule has 0 spiro atoms. The molecule has 43 heavy (non-hydrogen) atoms. The topological polar surface area (TPSA) is 109 Å². The van der Waals surface area contributed by atoms with Gasteiger partial charge in [0, 0.05) is 31.8 Å². The third-order valence-electron chi connectivity index (χ3n) is 10.8. The van der Waals surface area contributed by atoms with Crippen molar-refractivity contribution in [3.63, 3.8) is 0 Å². The van der Waals surface area contributed by atoms with Crippen molar-refractivity contribution in [1.29, 1.82) is 0 Å². The lowest BCUT2D eigenvalue weighted by Gasteiger charge is -2.62. The maximum atomic E-state index is 16.0. The third-order valence-corrected chi connectivity index (χ3v) is 10.8. The van der Waals surface area contributed by atoms with E-state index in [9.17, 15) is 14.4 Å². The summed E-state index contributed by atoms with van der Waals surface area (Å²) >= 11 is 0. The molecule has 3 aliphatic carbocycles. The molecule has 0 aromatic rings. The number of hydrogen-bond acceptors (Lipinski definition) is 9. The van der Waals surface area contributed by atoms with Crippen molar-refractivity contribution in [1.82, 2.24) is 20.4 Å². The molecule has 0 aromatic heterocycles. The molecule has 3 saturated carbocycles. The van der Waals surface area contributed by atoms with Gasteiger partial charge in [0.05, 0.1) is 62.1 Å². The smallest absolute Gasteiger partial charge is 0.307 e. The van der Waals surface area contributed by atoms with Gasteiger partial charge in [-0.25, -0.2) is 4.39 Å². The standard InChI is InChI=1S/C32H49FN4O6/c1-2-42-26(38)10-12-35-32(40)23-19-37-28-21-7-4-3-6-20(21)8-9-25(28)43-31-27(24(33)18-22(29(31)37)30(23)39)34-11-5-13-36-14-16-41-17-15-36/h19-22,24-25,27-29,31,34H,2-18H2,1H3,(H,35,40). The lowest BCUT2D eigenvalue weighted by atomic mass is 9.63. The van der Waals surface area contributed by atoms with Crippen molar-refractivity contribution in [3.8, 4) is 0 Å². The van der Waals surface area contributed by atoms with Crippen molar-refractivity contribution in [2.45, 2.75) is 101 Å². The average Bonchev–Trinajstić information content (AvgIpc) is 3.01. The molecule has 3 aliphatic heterocycles. The first-order valence-corrected chi connectivity index (χ1v) is 16.8. The highest BCUT2D eigenvalue weighted by Gasteiger charge is 2.60. The Kier molecular flexibility index (Phi) is 10.0. The molecule has 1 amide bonds. The minimum Gasteiger partial charge on any atom is -0.466 e. The Morgan fingerprint density at radius 2 is 1.91 bits per heavy atom. The Labute approximate surface area is 254 Å². The minimum atomic E-state index is -1.26. The van der Waals surface area contributed by atoms with Crippen molar-refractivity contribution >= 4 is 17.7 Å². The summed E-state index contributed by atoms with van der Waals surface area (Å²) < 4.78 is 33.3. The van der Waals surface area contributed by atoms with Crippen LogP contribution >= 0.6 is 0 Å². The summed E-state index contributed by atoms with van der Waals surface area (Å²) in [5.41, 5.74) is 0.0755. The predicted octanol–water partition coefficient (Wildman–Crippen LogP) is 1.97. The van der Waals surface area contributed by atoms with E-state index < -0.39 is 36.1 Å². The number of morpholine rings is 2. The highest BCUT2D eigenvalue weighted by molar-refractivity contribution is 6.20. The van der Waals surface area contributed by atoms with Crippen molar-refractivity contribution in [3.05, 3.63) is 11.8 Å². The van der Waals surface area contributed by atoms with Crippen LogP contribution in [0.1, 0.15) is 64.7 Å². The Morgan fingerprint density at radius 1 is 1.09 bits per heavy atom. The van der Waals surface area contributed by atoms with Gasteiger partial charge in [-0.15, -0.1) is 0 Å². The van der Waals surface area contributed by atoms with Crippen LogP contribution in [0.4, 0.5) is 4.39 Å². The number of fused-ring (bicyclic) bond motifs is 4. The maximum Gasteiger partial charge on any atom is 0.307 e. The van der Waals surface area contributed by atoms with E-state index in [-0.39, 0.29) is 55.5 Å². The van der Waals surface area contributed by atoms with E-state index in [2.05, 4.69) is 20.4 Å². The van der Waals surface area contributed by atoms with Crippen LogP contribution in [-0.2, 0) is 28.6 Å². The largest absolute Gasteiger partial charge is 0.466 e. The lowest BCUT2D eigenvalue weighted by molar-refractivity contribution is -0.215. The second-order valence-electron chi connectivity index (χ2n) is 13.2. The number of hydrogen-bond donors (Lipinski definition) is 2. The Balaban J connectivity index is 1.21. The van der Waals surface area contributed by atoms with E-state index >= 15 is 4.39 Å². The van der Waals surface area contributed by atoms with Gasteiger partial charge in [-0.2, -0.15) is 0 Å². The number of carbonyl (C=O) groups excluding carboxylic acids is 3. The molecule has 10 nitrogen and oxygen atoms in total. The van der Waals surface area contributed by atoms with Crippen LogP contribution in [0.2, 0.25) is 0 Å². The number of halogens is 1. The summed E-state index contributed by atoms with van der Waals surface area (Å²) in [4.78, 5) is 43.7. The molecular formula is C32H49FN4O6. The van der Waals surface area contributed by atoms with Crippen LogP contribution in [0.3, 0.4) is 0 Å². The molecule has 5 fully saturated rings. The molecule has 0 bridgehead atoms. The number of rotatable bonds is 10. The highest BCUT2D eigenvalue weighted by Crippen LogP contribution is 2.51. The zero-order chi connectivity index (χ0) is 29.9. The zero-order valence-corrected chi connectivity index (χ0v) is 25.5. The second kappa shape index (κ2) is 13.9.